The first-order valence-electron chi connectivity index (χ1n) is 10.9. The number of rotatable bonds is 10. The summed E-state index contributed by atoms with van der Waals surface area (Å²) in [5.74, 6) is -0.175. The predicted octanol–water partition coefficient (Wildman–Crippen LogP) is 4.96. The Morgan fingerprint density at radius 1 is 1.09 bits per heavy atom. The molecule has 35 heavy (non-hydrogen) atoms. The van der Waals surface area contributed by atoms with Gasteiger partial charge in [0.1, 0.15) is 11.6 Å². The van der Waals surface area contributed by atoms with Gasteiger partial charge in [0.15, 0.2) is 0 Å². The van der Waals surface area contributed by atoms with Crippen LogP contribution in [-0.4, -0.2) is 41.0 Å². The van der Waals surface area contributed by atoms with E-state index in [2.05, 4.69) is 39.3 Å². The van der Waals surface area contributed by atoms with Crippen molar-refractivity contribution < 1.29 is 28.3 Å². The van der Waals surface area contributed by atoms with E-state index in [0.717, 1.165) is 0 Å². The Morgan fingerprint density at radius 3 is 2.37 bits per heavy atom. The maximum Gasteiger partial charge on any atom is 0.411 e. The molecular formula is C24H31N5O6. The molecule has 0 radical (unpaired) electrons. The van der Waals surface area contributed by atoms with Crippen LogP contribution in [0.2, 0.25) is 0 Å². The maximum absolute atomic E-state index is 12.4. The molecule has 1 aromatic heterocycles. The van der Waals surface area contributed by atoms with Gasteiger partial charge in [-0.25, -0.2) is 9.59 Å². The number of aromatic nitrogens is 2. The molecule has 11 nitrogen and oxygen atoms in total. The lowest BCUT2D eigenvalue weighted by atomic mass is 10.1. The van der Waals surface area contributed by atoms with Gasteiger partial charge in [-0.3, -0.25) is 10.1 Å². The zero-order valence-corrected chi connectivity index (χ0v) is 20.3. The highest BCUT2D eigenvalue weighted by atomic mass is 16.6. The summed E-state index contributed by atoms with van der Waals surface area (Å²) in [5.41, 5.74) is 0.190. The summed E-state index contributed by atoms with van der Waals surface area (Å²) in [5, 5.41) is 16.2. The first-order chi connectivity index (χ1) is 16.6. The van der Waals surface area contributed by atoms with Crippen LogP contribution in [0.15, 0.2) is 47.9 Å². The quantitative estimate of drug-likeness (QED) is 0.400. The normalized spacial score (nSPS) is 11.7. The number of anilines is 2. The second-order valence-corrected chi connectivity index (χ2v) is 8.39. The van der Waals surface area contributed by atoms with E-state index < -0.39 is 23.8 Å². The highest BCUT2D eigenvalue weighted by Crippen LogP contribution is 2.36. The first-order valence-corrected chi connectivity index (χ1v) is 10.9. The average Bonchev–Trinajstić information content (AvgIpc) is 3.26. The number of nitrogens with zero attached hydrogens (tertiary/aromatic N) is 2. The molecule has 3 N–H and O–H groups in total. The van der Waals surface area contributed by atoms with Crippen molar-refractivity contribution in [3.8, 4) is 11.5 Å². The van der Waals surface area contributed by atoms with Crippen LogP contribution >= 0.6 is 0 Å². The Bertz CT molecular complexity index is 1070. The smallest absolute Gasteiger partial charge is 0.411 e. The Labute approximate surface area is 204 Å². The van der Waals surface area contributed by atoms with Crippen molar-refractivity contribution in [1.82, 2.24) is 15.5 Å². The third-order valence-corrected chi connectivity index (χ3v) is 4.38. The number of alkyl carbamates (subject to hydrolysis) is 1. The molecule has 0 bridgehead atoms. The van der Waals surface area contributed by atoms with Gasteiger partial charge in [0, 0.05) is 6.42 Å². The summed E-state index contributed by atoms with van der Waals surface area (Å²) < 4.78 is 15.9. The van der Waals surface area contributed by atoms with Gasteiger partial charge < -0.3 is 24.5 Å². The van der Waals surface area contributed by atoms with Gasteiger partial charge in [0.25, 0.3) is 5.89 Å². The third-order valence-electron chi connectivity index (χ3n) is 4.38. The van der Waals surface area contributed by atoms with Crippen LogP contribution in [0.25, 0.3) is 11.5 Å². The van der Waals surface area contributed by atoms with Gasteiger partial charge in [-0.05, 0) is 45.7 Å². The van der Waals surface area contributed by atoms with E-state index in [1.54, 1.807) is 51.1 Å². The van der Waals surface area contributed by atoms with Gasteiger partial charge in [-0.15, -0.1) is 23.4 Å². The zero-order valence-electron chi connectivity index (χ0n) is 20.3. The molecule has 0 spiro atoms. The monoisotopic (exact) mass is 485 g/mol. The summed E-state index contributed by atoms with van der Waals surface area (Å²) in [7, 11) is 1.23. The van der Waals surface area contributed by atoms with Crippen LogP contribution in [0, 0.1) is 0 Å². The Kier molecular flexibility index (Phi) is 9.56. The van der Waals surface area contributed by atoms with Crippen molar-refractivity contribution >= 4 is 29.5 Å². The minimum Gasteiger partial charge on any atom is -0.453 e. The van der Waals surface area contributed by atoms with E-state index >= 15 is 0 Å². The van der Waals surface area contributed by atoms with Gasteiger partial charge >= 0.3 is 12.2 Å². The molecule has 3 amide bonds. The summed E-state index contributed by atoms with van der Waals surface area (Å²) in [6.45, 7) is 12.6. The minimum absolute atomic E-state index is 0.00562. The molecule has 1 atom stereocenters. The Balaban J connectivity index is 2.44. The lowest BCUT2D eigenvalue weighted by Crippen LogP contribution is -2.35. The molecule has 0 saturated carbocycles. The van der Waals surface area contributed by atoms with Crippen molar-refractivity contribution in [2.24, 2.45) is 0 Å². The molecule has 188 valence electrons. The molecule has 11 heteroatoms. The van der Waals surface area contributed by atoms with Crippen LogP contribution < -0.4 is 16.0 Å². The van der Waals surface area contributed by atoms with E-state index in [-0.39, 0.29) is 41.8 Å². The Morgan fingerprint density at radius 2 is 1.77 bits per heavy atom. The lowest BCUT2D eigenvalue weighted by molar-refractivity contribution is -0.116. The molecule has 2 rings (SSSR count). The van der Waals surface area contributed by atoms with Crippen LogP contribution in [0.1, 0.15) is 52.0 Å². The number of carbonyl (C=O) groups excluding carboxylic acids is 3. The van der Waals surface area contributed by atoms with E-state index in [4.69, 9.17) is 13.9 Å². The molecule has 0 aliphatic carbocycles. The molecule has 0 aliphatic heterocycles. The minimum atomic E-state index is -0.725. The van der Waals surface area contributed by atoms with Crippen LogP contribution in [0.3, 0.4) is 0 Å². The lowest BCUT2D eigenvalue weighted by Gasteiger charge is -2.21. The summed E-state index contributed by atoms with van der Waals surface area (Å²) in [6, 6.07) is 4.15. The second kappa shape index (κ2) is 12.4. The number of methoxy groups -OCH3 is 1. The number of ether oxygens (including phenoxy) is 2. The molecule has 2 aromatic rings. The molecule has 0 saturated heterocycles. The van der Waals surface area contributed by atoms with Crippen molar-refractivity contribution in [2.75, 3.05) is 17.7 Å². The highest BCUT2D eigenvalue weighted by molar-refractivity contribution is 6.00. The van der Waals surface area contributed by atoms with E-state index in [1.165, 1.54) is 7.11 Å². The fraction of sp³-hybridized carbons (Fsp3) is 0.375. The van der Waals surface area contributed by atoms with E-state index in [0.29, 0.717) is 12.1 Å². The van der Waals surface area contributed by atoms with Crippen LogP contribution in [0.4, 0.5) is 21.0 Å². The zero-order chi connectivity index (χ0) is 26.0. The fourth-order valence-corrected chi connectivity index (χ4v) is 2.91. The van der Waals surface area contributed by atoms with Crippen molar-refractivity contribution in [2.45, 2.75) is 51.7 Å². The summed E-state index contributed by atoms with van der Waals surface area (Å²) in [4.78, 5) is 36.6. The van der Waals surface area contributed by atoms with E-state index in [9.17, 15) is 14.4 Å². The van der Waals surface area contributed by atoms with Crippen molar-refractivity contribution in [3.63, 3.8) is 0 Å². The predicted molar refractivity (Wildman–Crippen MR) is 131 cm³/mol. The average molecular weight is 486 g/mol. The molecule has 0 aliphatic rings. The number of allylic oxidation sites excluding steroid dienone is 1. The topological polar surface area (TPSA) is 145 Å². The molecule has 1 heterocycles. The number of amides is 3. The summed E-state index contributed by atoms with van der Waals surface area (Å²) >= 11 is 0. The van der Waals surface area contributed by atoms with Gasteiger partial charge in [-0.1, -0.05) is 18.2 Å². The maximum atomic E-state index is 12.4. The second-order valence-electron chi connectivity index (χ2n) is 8.39. The number of carbonyl (C=O) groups is 3. The molecule has 0 fully saturated rings. The number of hydrogen-bond acceptors (Lipinski definition) is 8. The van der Waals surface area contributed by atoms with Gasteiger partial charge in [-0.2, -0.15) is 0 Å². The first kappa shape index (κ1) is 27.1. The van der Waals surface area contributed by atoms with Crippen LogP contribution in [-0.2, 0) is 14.3 Å². The van der Waals surface area contributed by atoms with E-state index in [1.807, 2.05) is 0 Å². The molecule has 1 aromatic carbocycles. The molecular weight excluding hydrogens is 454 g/mol. The van der Waals surface area contributed by atoms with Gasteiger partial charge in [0.05, 0.1) is 24.0 Å². The summed E-state index contributed by atoms with van der Waals surface area (Å²) in [6.07, 6.45) is 2.83. The van der Waals surface area contributed by atoms with Crippen molar-refractivity contribution in [3.05, 3.63) is 49.4 Å². The third kappa shape index (κ3) is 8.29. The van der Waals surface area contributed by atoms with Crippen molar-refractivity contribution in [1.29, 1.82) is 0 Å². The standard InChI is InChI=1S/C24H31N5O6/c1-7-9-14-18(30)25-15-12-10-13-16(26-22(31)33-6)19(15)21-29-28-20(34-21)17(11-8-2)27-23(32)35-24(3,4)5/h7-8,10,12-13,17H,1-2,9,11,14H2,3-6H3,(H,25,30)(H,26,31)(H,27,32)/t17-/m0/s1. The molecule has 0 unspecified atom stereocenters. The van der Waals surface area contributed by atoms with Crippen LogP contribution in [0.5, 0.6) is 0 Å². The highest BCUT2D eigenvalue weighted by Gasteiger charge is 2.26. The number of hydrogen-bond donors (Lipinski definition) is 3. The number of nitrogens with one attached hydrogen (secondary N) is 3. The Hall–Kier alpha value is -4.15. The SMILES string of the molecule is C=CCCC(=O)Nc1cccc(NC(=O)OC)c1-c1nnc([C@H](CC=C)NC(=O)OC(C)(C)C)o1. The fourth-order valence-electron chi connectivity index (χ4n) is 2.91. The largest absolute Gasteiger partial charge is 0.453 e. The number of benzene rings is 1. The van der Waals surface area contributed by atoms with Gasteiger partial charge in [0.2, 0.25) is 11.8 Å².